The second-order valence-corrected chi connectivity index (χ2v) is 4.53. The first-order valence-corrected chi connectivity index (χ1v) is 5.74. The van der Waals surface area contributed by atoms with Crippen LogP contribution in [0.3, 0.4) is 0 Å². The van der Waals surface area contributed by atoms with Gasteiger partial charge in [0, 0.05) is 5.38 Å². The van der Waals surface area contributed by atoms with Crippen LogP contribution in [0.2, 0.25) is 0 Å². The number of hydrazone groups is 1. The van der Waals surface area contributed by atoms with Gasteiger partial charge in [0.2, 0.25) is 0 Å². The molecule has 4 nitrogen and oxygen atoms in total. The minimum absolute atomic E-state index is 0.0828. The topological polar surface area (TPSA) is 63.3 Å². The van der Waals surface area contributed by atoms with Gasteiger partial charge < -0.3 is 11.2 Å². The first-order valence-electron chi connectivity index (χ1n) is 4.07. The number of aromatic nitrogens is 1. The van der Waals surface area contributed by atoms with Crippen molar-refractivity contribution in [1.82, 2.24) is 10.3 Å². The lowest BCUT2D eigenvalue weighted by Crippen LogP contribution is -2.43. The Bertz CT molecular complexity index is 389. The van der Waals surface area contributed by atoms with Crippen molar-refractivity contribution >= 4 is 33.1 Å². The fourth-order valence-corrected chi connectivity index (χ4v) is 2.02. The van der Waals surface area contributed by atoms with Crippen LogP contribution in [0.25, 0.3) is 0 Å². The molecule has 0 unspecified atom stereocenters. The predicted octanol–water partition coefficient (Wildman–Crippen LogP) is 2.07. The third-order valence-electron chi connectivity index (χ3n) is 1.65. The normalized spacial score (nSPS) is 14.9. The Morgan fingerprint density at radius 2 is 2.31 bits per heavy atom. The molecule has 0 bridgehead atoms. The number of hydrogen-bond acceptors (Lipinski definition) is 4. The van der Waals surface area contributed by atoms with Crippen molar-refractivity contribution in [2.75, 3.05) is 0 Å². The first-order chi connectivity index (χ1) is 7.34. The molecule has 9 heteroatoms. The van der Waals surface area contributed by atoms with Crippen molar-refractivity contribution in [1.29, 1.82) is 0 Å². The largest absolute Gasteiger partial charge is 0.408 e. The molecule has 1 rings (SSSR count). The molecular formula is C7H8BrF3N4S. The fraction of sp³-hybridized carbons (Fsp3) is 0.429. The summed E-state index contributed by atoms with van der Waals surface area (Å²) in [7, 11) is 0. The van der Waals surface area contributed by atoms with Crippen LogP contribution in [0.15, 0.2) is 15.1 Å². The van der Waals surface area contributed by atoms with Crippen molar-refractivity contribution in [3.63, 3.8) is 0 Å². The lowest BCUT2D eigenvalue weighted by Gasteiger charge is -2.17. The Morgan fingerprint density at radius 3 is 2.69 bits per heavy atom. The minimum Gasteiger partial charge on any atom is -0.355 e. The molecule has 90 valence electrons. The zero-order chi connectivity index (χ0) is 12.3. The molecule has 0 saturated carbocycles. The summed E-state index contributed by atoms with van der Waals surface area (Å²) in [4.78, 5) is 3.91. The van der Waals surface area contributed by atoms with E-state index in [4.69, 9.17) is 5.84 Å². The summed E-state index contributed by atoms with van der Waals surface area (Å²) in [6, 6.07) is -1.74. The number of nitrogens with zero attached hydrogens (tertiary/aromatic N) is 2. The molecule has 0 saturated heterocycles. The minimum atomic E-state index is -4.36. The summed E-state index contributed by atoms with van der Waals surface area (Å²) in [5.41, 5.74) is 0. The molecule has 1 heterocycles. The monoisotopic (exact) mass is 316 g/mol. The van der Waals surface area contributed by atoms with E-state index in [0.29, 0.717) is 9.61 Å². The third kappa shape index (κ3) is 3.34. The quantitative estimate of drug-likeness (QED) is 0.380. The Kier molecular flexibility index (Phi) is 4.14. The Balaban J connectivity index is 2.79. The number of hydrogen-bond donors (Lipinski definition) is 2. The molecule has 0 aliphatic heterocycles. The molecule has 0 aromatic carbocycles. The molecule has 16 heavy (non-hydrogen) atoms. The highest BCUT2D eigenvalue weighted by molar-refractivity contribution is 9.10. The highest BCUT2D eigenvalue weighted by atomic mass is 79.9. The maximum absolute atomic E-state index is 12.3. The van der Waals surface area contributed by atoms with Crippen LogP contribution in [0.1, 0.15) is 11.9 Å². The summed E-state index contributed by atoms with van der Waals surface area (Å²) in [5, 5.41) is 7.34. The molecule has 0 radical (unpaired) electrons. The van der Waals surface area contributed by atoms with Gasteiger partial charge in [-0.05, 0) is 22.9 Å². The number of nitrogens with two attached hydrogens (primary N) is 1. The zero-order valence-corrected chi connectivity index (χ0v) is 10.4. The average Bonchev–Trinajstić information content (AvgIpc) is 2.59. The summed E-state index contributed by atoms with van der Waals surface area (Å²) in [6.45, 7) is 0.980. The maximum atomic E-state index is 12.3. The molecule has 0 aliphatic carbocycles. The third-order valence-corrected chi connectivity index (χ3v) is 3.21. The zero-order valence-electron chi connectivity index (χ0n) is 8.05. The van der Waals surface area contributed by atoms with Crippen LogP contribution in [-0.4, -0.2) is 23.0 Å². The van der Waals surface area contributed by atoms with E-state index in [0.717, 1.165) is 18.3 Å². The van der Waals surface area contributed by atoms with Crippen LogP contribution in [0.4, 0.5) is 13.2 Å². The van der Waals surface area contributed by atoms with Crippen molar-refractivity contribution < 1.29 is 13.2 Å². The van der Waals surface area contributed by atoms with E-state index >= 15 is 0 Å². The molecular weight excluding hydrogens is 309 g/mol. The van der Waals surface area contributed by atoms with Crippen LogP contribution in [0, 0.1) is 0 Å². The maximum Gasteiger partial charge on any atom is 0.408 e. The number of amidine groups is 1. The SMILES string of the molecule is C[C@H](N/C(=N\N)c1nc(Br)cs1)C(F)(F)F. The van der Waals surface area contributed by atoms with Gasteiger partial charge in [0.05, 0.1) is 0 Å². The first kappa shape index (κ1) is 13.2. The fourth-order valence-electron chi connectivity index (χ4n) is 0.804. The van der Waals surface area contributed by atoms with Crippen molar-refractivity contribution in [3.05, 3.63) is 15.0 Å². The highest BCUT2D eigenvalue weighted by Gasteiger charge is 2.37. The van der Waals surface area contributed by atoms with Crippen LogP contribution >= 0.6 is 27.3 Å². The van der Waals surface area contributed by atoms with E-state index in [1.165, 1.54) is 0 Å². The van der Waals surface area contributed by atoms with Crippen LogP contribution in [-0.2, 0) is 0 Å². The molecule has 1 aromatic heterocycles. The average molecular weight is 317 g/mol. The van der Waals surface area contributed by atoms with Crippen LogP contribution in [0.5, 0.6) is 0 Å². The lowest BCUT2D eigenvalue weighted by molar-refractivity contribution is -0.147. The Labute approximate surface area is 102 Å². The second-order valence-electron chi connectivity index (χ2n) is 2.86. The highest BCUT2D eigenvalue weighted by Crippen LogP contribution is 2.21. The smallest absolute Gasteiger partial charge is 0.355 e. The van der Waals surface area contributed by atoms with Gasteiger partial charge in [-0.25, -0.2) is 4.98 Å². The number of thiazole rings is 1. The predicted molar refractivity (Wildman–Crippen MR) is 59.2 cm³/mol. The van der Waals surface area contributed by atoms with Gasteiger partial charge in [0.15, 0.2) is 10.8 Å². The summed E-state index contributed by atoms with van der Waals surface area (Å²) in [5.74, 6) is 4.93. The molecule has 0 amide bonds. The van der Waals surface area contributed by atoms with Gasteiger partial charge in [-0.15, -0.1) is 11.3 Å². The van der Waals surface area contributed by atoms with Gasteiger partial charge in [-0.2, -0.15) is 18.3 Å². The van der Waals surface area contributed by atoms with Crippen molar-refractivity contribution in [2.24, 2.45) is 10.9 Å². The Morgan fingerprint density at radius 1 is 1.69 bits per heavy atom. The van der Waals surface area contributed by atoms with Gasteiger partial charge in [0.1, 0.15) is 10.6 Å². The summed E-state index contributed by atoms with van der Waals surface area (Å²) in [6.07, 6.45) is -4.36. The van der Waals surface area contributed by atoms with E-state index in [1.807, 2.05) is 0 Å². The van der Waals surface area contributed by atoms with E-state index < -0.39 is 12.2 Å². The van der Waals surface area contributed by atoms with Gasteiger partial charge >= 0.3 is 6.18 Å². The van der Waals surface area contributed by atoms with Crippen molar-refractivity contribution in [2.45, 2.75) is 19.1 Å². The van der Waals surface area contributed by atoms with E-state index in [9.17, 15) is 13.2 Å². The number of alkyl halides is 3. The lowest BCUT2D eigenvalue weighted by atomic mass is 10.3. The molecule has 1 atom stereocenters. The van der Waals surface area contributed by atoms with Crippen molar-refractivity contribution in [3.8, 4) is 0 Å². The van der Waals surface area contributed by atoms with Gasteiger partial charge in [0.25, 0.3) is 0 Å². The van der Waals surface area contributed by atoms with Crippen LogP contribution < -0.4 is 11.2 Å². The second kappa shape index (κ2) is 5.00. The molecule has 0 spiro atoms. The molecule has 3 N–H and O–H groups in total. The van der Waals surface area contributed by atoms with E-state index in [1.54, 1.807) is 5.38 Å². The van der Waals surface area contributed by atoms with E-state index in [2.05, 4.69) is 31.3 Å². The number of halogens is 4. The molecule has 1 aromatic rings. The standard InChI is InChI=1S/C7H8BrF3N4S/c1-3(7(9,10)11)13-5(15-12)6-14-4(8)2-16-6/h2-3H,12H2,1H3,(H,13,15)/t3-/m0/s1. The van der Waals surface area contributed by atoms with Gasteiger partial charge in [-0.3, -0.25) is 0 Å². The van der Waals surface area contributed by atoms with Gasteiger partial charge in [-0.1, -0.05) is 0 Å². The summed E-state index contributed by atoms with van der Waals surface area (Å²) < 4.78 is 37.4. The number of rotatable bonds is 2. The summed E-state index contributed by atoms with van der Waals surface area (Å²) >= 11 is 4.23. The number of nitrogens with one attached hydrogen (secondary N) is 1. The molecule has 0 aliphatic rings. The molecule has 0 fully saturated rings. The Hall–Kier alpha value is -0.830. The van der Waals surface area contributed by atoms with E-state index in [-0.39, 0.29) is 5.84 Å².